The number of hydrogen-bond acceptors (Lipinski definition) is 4. The Balaban J connectivity index is 1.65. The Hall–Kier alpha value is -2.59. The van der Waals surface area contributed by atoms with Crippen molar-refractivity contribution in [1.82, 2.24) is 0 Å². The van der Waals surface area contributed by atoms with Gasteiger partial charge in [0.15, 0.2) is 0 Å². The van der Waals surface area contributed by atoms with E-state index in [-0.39, 0.29) is 0 Å². The van der Waals surface area contributed by atoms with Gasteiger partial charge in [-0.15, -0.1) is 0 Å². The lowest BCUT2D eigenvalue weighted by Crippen LogP contribution is -2.01. The first-order chi connectivity index (χ1) is 11.1. The molecule has 0 unspecified atom stereocenters. The SMILES string of the molecule is CC1=NOC(=O)/C1=C/c1ccc(OCc2ccc(Cl)cc2)cc1. The molecule has 0 aromatic heterocycles. The van der Waals surface area contributed by atoms with Gasteiger partial charge in [0.2, 0.25) is 0 Å². The van der Waals surface area contributed by atoms with Gasteiger partial charge in [0.25, 0.3) is 0 Å². The van der Waals surface area contributed by atoms with Crippen molar-refractivity contribution in [3.05, 3.63) is 70.3 Å². The van der Waals surface area contributed by atoms with Crippen molar-refractivity contribution >= 4 is 29.4 Å². The molecule has 0 bridgehead atoms. The molecule has 0 aliphatic carbocycles. The number of hydrogen-bond donors (Lipinski definition) is 0. The number of rotatable bonds is 4. The van der Waals surface area contributed by atoms with E-state index in [0.29, 0.717) is 22.9 Å². The highest BCUT2D eigenvalue weighted by Gasteiger charge is 2.21. The zero-order valence-electron chi connectivity index (χ0n) is 12.5. The summed E-state index contributed by atoms with van der Waals surface area (Å²) in [5, 5.41) is 4.35. The maximum absolute atomic E-state index is 11.5. The summed E-state index contributed by atoms with van der Waals surface area (Å²) in [4.78, 5) is 16.1. The monoisotopic (exact) mass is 327 g/mol. The Kier molecular flexibility index (Phi) is 4.44. The fourth-order valence-electron chi connectivity index (χ4n) is 2.09. The van der Waals surface area contributed by atoms with Gasteiger partial charge < -0.3 is 9.57 Å². The fraction of sp³-hybridized carbons (Fsp3) is 0.111. The van der Waals surface area contributed by atoms with Crippen LogP contribution >= 0.6 is 11.6 Å². The highest BCUT2D eigenvalue weighted by molar-refractivity contribution is 6.30. The Morgan fingerprint density at radius 3 is 2.43 bits per heavy atom. The van der Waals surface area contributed by atoms with Crippen molar-refractivity contribution < 1.29 is 14.4 Å². The molecular weight excluding hydrogens is 314 g/mol. The second kappa shape index (κ2) is 6.67. The topological polar surface area (TPSA) is 47.9 Å². The minimum absolute atomic E-state index is 0.425. The van der Waals surface area contributed by atoms with Gasteiger partial charge in [0, 0.05) is 5.02 Å². The lowest BCUT2D eigenvalue weighted by atomic mass is 10.1. The average Bonchev–Trinajstić information content (AvgIpc) is 2.88. The standard InChI is InChI=1S/C18H14ClNO3/c1-12-17(18(21)23-20-12)10-13-4-8-16(9-5-13)22-11-14-2-6-15(19)7-3-14/h2-10H,11H2,1H3/b17-10+. The van der Waals surface area contributed by atoms with Crippen LogP contribution in [0.1, 0.15) is 18.1 Å². The van der Waals surface area contributed by atoms with Gasteiger partial charge in [-0.1, -0.05) is 41.0 Å². The van der Waals surface area contributed by atoms with Crippen LogP contribution in [0.15, 0.2) is 59.3 Å². The van der Waals surface area contributed by atoms with Crippen LogP contribution in [0.5, 0.6) is 5.75 Å². The van der Waals surface area contributed by atoms with E-state index in [0.717, 1.165) is 16.9 Å². The fourth-order valence-corrected chi connectivity index (χ4v) is 2.22. The van der Waals surface area contributed by atoms with E-state index in [1.54, 1.807) is 13.0 Å². The molecule has 0 atom stereocenters. The Morgan fingerprint density at radius 1 is 1.13 bits per heavy atom. The van der Waals surface area contributed by atoms with Crippen LogP contribution in [0, 0.1) is 0 Å². The van der Waals surface area contributed by atoms with Crippen molar-refractivity contribution in [2.24, 2.45) is 5.16 Å². The summed E-state index contributed by atoms with van der Waals surface area (Å²) in [5.41, 5.74) is 2.98. The third kappa shape index (κ3) is 3.79. The van der Waals surface area contributed by atoms with E-state index in [4.69, 9.17) is 16.3 Å². The Morgan fingerprint density at radius 2 is 1.83 bits per heavy atom. The molecule has 0 amide bonds. The second-order valence-corrected chi connectivity index (χ2v) is 5.53. The summed E-state index contributed by atoms with van der Waals surface area (Å²) in [5.74, 6) is 0.326. The first-order valence-electron chi connectivity index (χ1n) is 7.07. The van der Waals surface area contributed by atoms with E-state index in [1.165, 1.54) is 0 Å². The van der Waals surface area contributed by atoms with Crippen LogP contribution in [0.3, 0.4) is 0 Å². The van der Waals surface area contributed by atoms with E-state index < -0.39 is 5.97 Å². The van der Waals surface area contributed by atoms with Crippen LogP contribution in [-0.2, 0) is 16.2 Å². The van der Waals surface area contributed by atoms with Crippen molar-refractivity contribution in [2.75, 3.05) is 0 Å². The molecule has 0 spiro atoms. The largest absolute Gasteiger partial charge is 0.489 e. The smallest absolute Gasteiger partial charge is 0.367 e. The third-order valence-corrected chi connectivity index (χ3v) is 3.64. The summed E-state index contributed by atoms with van der Waals surface area (Å²) in [6.45, 7) is 2.20. The minimum Gasteiger partial charge on any atom is -0.489 e. The minimum atomic E-state index is -0.425. The molecule has 0 N–H and O–H groups in total. The molecule has 0 fully saturated rings. The number of nitrogens with zero attached hydrogens (tertiary/aromatic N) is 1. The summed E-state index contributed by atoms with van der Waals surface area (Å²) >= 11 is 5.85. The predicted molar refractivity (Wildman–Crippen MR) is 89.4 cm³/mol. The molecule has 23 heavy (non-hydrogen) atoms. The summed E-state index contributed by atoms with van der Waals surface area (Å²) < 4.78 is 5.72. The van der Waals surface area contributed by atoms with Crippen LogP contribution < -0.4 is 4.74 Å². The number of oxime groups is 1. The number of benzene rings is 2. The zero-order valence-corrected chi connectivity index (χ0v) is 13.2. The number of carbonyl (C=O) groups excluding carboxylic acids is 1. The van der Waals surface area contributed by atoms with Gasteiger partial charge >= 0.3 is 5.97 Å². The normalized spacial score (nSPS) is 15.5. The van der Waals surface area contributed by atoms with Crippen molar-refractivity contribution in [1.29, 1.82) is 0 Å². The van der Waals surface area contributed by atoms with Gasteiger partial charge in [-0.05, 0) is 48.4 Å². The Bertz CT molecular complexity index is 777. The van der Waals surface area contributed by atoms with Crippen LogP contribution in [0.25, 0.3) is 6.08 Å². The molecule has 116 valence electrons. The second-order valence-electron chi connectivity index (χ2n) is 5.10. The number of halogens is 1. The van der Waals surface area contributed by atoms with E-state index in [1.807, 2.05) is 48.5 Å². The van der Waals surface area contributed by atoms with Crippen LogP contribution in [0.4, 0.5) is 0 Å². The highest BCUT2D eigenvalue weighted by Crippen LogP contribution is 2.19. The molecular formula is C18H14ClNO3. The Labute approximate surface area is 139 Å². The summed E-state index contributed by atoms with van der Waals surface area (Å²) in [6, 6.07) is 15.0. The molecule has 2 aromatic carbocycles. The van der Waals surface area contributed by atoms with Gasteiger partial charge in [-0.2, -0.15) is 0 Å². The lowest BCUT2D eigenvalue weighted by Gasteiger charge is -2.07. The molecule has 0 saturated carbocycles. The van der Waals surface area contributed by atoms with Crippen molar-refractivity contribution in [3.8, 4) is 5.75 Å². The molecule has 1 aliphatic rings. The molecule has 5 heteroatoms. The van der Waals surface area contributed by atoms with Gasteiger partial charge in [-0.25, -0.2) is 4.79 Å². The van der Waals surface area contributed by atoms with Crippen molar-refractivity contribution in [2.45, 2.75) is 13.5 Å². The third-order valence-electron chi connectivity index (χ3n) is 3.39. The van der Waals surface area contributed by atoms with Gasteiger partial charge in [0.1, 0.15) is 12.4 Å². The van der Waals surface area contributed by atoms with Crippen molar-refractivity contribution in [3.63, 3.8) is 0 Å². The molecule has 4 nitrogen and oxygen atoms in total. The molecule has 1 aliphatic heterocycles. The van der Waals surface area contributed by atoms with Crippen LogP contribution in [0.2, 0.25) is 5.02 Å². The lowest BCUT2D eigenvalue weighted by molar-refractivity contribution is -0.136. The summed E-state index contributed by atoms with van der Waals surface area (Å²) in [7, 11) is 0. The quantitative estimate of drug-likeness (QED) is 0.623. The molecule has 0 saturated heterocycles. The molecule has 3 rings (SSSR count). The molecule has 1 heterocycles. The molecule has 2 aromatic rings. The number of ether oxygens (including phenoxy) is 1. The first kappa shape index (κ1) is 15.3. The maximum atomic E-state index is 11.5. The highest BCUT2D eigenvalue weighted by atomic mass is 35.5. The van der Waals surface area contributed by atoms with Gasteiger partial charge in [0.05, 0.1) is 11.3 Å². The zero-order chi connectivity index (χ0) is 16.2. The maximum Gasteiger partial charge on any atom is 0.367 e. The predicted octanol–water partition coefficient (Wildman–Crippen LogP) is 4.24. The first-order valence-corrected chi connectivity index (χ1v) is 7.45. The van der Waals surface area contributed by atoms with E-state index in [9.17, 15) is 4.79 Å². The van der Waals surface area contributed by atoms with E-state index >= 15 is 0 Å². The summed E-state index contributed by atoms with van der Waals surface area (Å²) in [6.07, 6.45) is 1.75. The van der Waals surface area contributed by atoms with Crippen LogP contribution in [-0.4, -0.2) is 11.7 Å². The molecule has 0 radical (unpaired) electrons. The number of carbonyl (C=O) groups is 1. The van der Waals surface area contributed by atoms with Gasteiger partial charge in [-0.3, -0.25) is 0 Å². The van der Waals surface area contributed by atoms with E-state index in [2.05, 4.69) is 9.99 Å². The average molecular weight is 328 g/mol.